The van der Waals surface area contributed by atoms with Crippen LogP contribution in [-0.4, -0.2) is 27.9 Å². The predicted molar refractivity (Wildman–Crippen MR) is 99.1 cm³/mol. The van der Waals surface area contributed by atoms with E-state index >= 15 is 0 Å². The zero-order valence-electron chi connectivity index (χ0n) is 13.3. The molecule has 0 unspecified atom stereocenters. The predicted octanol–water partition coefficient (Wildman–Crippen LogP) is 3.83. The number of hydrogen-bond donors (Lipinski definition) is 2. The zero-order chi connectivity index (χ0) is 18.4. The molecule has 9 heteroatoms. The number of thioether (sulfide) groups is 1. The van der Waals surface area contributed by atoms with Crippen LogP contribution >= 0.6 is 23.4 Å². The van der Waals surface area contributed by atoms with E-state index in [1.54, 1.807) is 48.5 Å². The highest BCUT2D eigenvalue weighted by molar-refractivity contribution is 7.99. The highest BCUT2D eigenvalue weighted by Gasteiger charge is 2.13. The highest BCUT2D eigenvalue weighted by atomic mass is 35.5. The maximum absolute atomic E-state index is 11.8. The number of nitrogens with zero attached hydrogens (tertiary/aromatic N) is 2. The van der Waals surface area contributed by atoms with Crippen molar-refractivity contribution in [3.8, 4) is 11.5 Å². The van der Waals surface area contributed by atoms with Gasteiger partial charge in [-0.25, -0.2) is 4.79 Å². The Labute approximate surface area is 158 Å². The van der Waals surface area contributed by atoms with Crippen molar-refractivity contribution in [2.24, 2.45) is 0 Å². The van der Waals surface area contributed by atoms with Crippen molar-refractivity contribution in [1.82, 2.24) is 15.5 Å². The molecule has 26 heavy (non-hydrogen) atoms. The summed E-state index contributed by atoms with van der Waals surface area (Å²) in [6, 6.07) is 15.2. The lowest BCUT2D eigenvalue weighted by Crippen LogP contribution is -2.35. The molecule has 7 nitrogen and oxygen atoms in total. The van der Waals surface area contributed by atoms with Crippen LogP contribution in [0, 0.1) is 0 Å². The van der Waals surface area contributed by atoms with Gasteiger partial charge in [-0.05, 0) is 36.4 Å². The van der Waals surface area contributed by atoms with Gasteiger partial charge in [0.1, 0.15) is 0 Å². The van der Waals surface area contributed by atoms with E-state index in [1.807, 2.05) is 6.07 Å². The summed E-state index contributed by atoms with van der Waals surface area (Å²) in [4.78, 5) is 23.6. The lowest BCUT2D eigenvalue weighted by atomic mass is 10.2. The van der Waals surface area contributed by atoms with Gasteiger partial charge in [0.2, 0.25) is 11.8 Å². The number of aromatic nitrogens is 2. The van der Waals surface area contributed by atoms with Gasteiger partial charge in [0.15, 0.2) is 0 Å². The van der Waals surface area contributed by atoms with E-state index in [0.29, 0.717) is 16.6 Å². The lowest BCUT2D eigenvalue weighted by Gasteiger charge is -2.05. The van der Waals surface area contributed by atoms with Crippen molar-refractivity contribution in [3.63, 3.8) is 0 Å². The Kier molecular flexibility index (Phi) is 5.88. The van der Waals surface area contributed by atoms with Crippen LogP contribution in [0.4, 0.5) is 10.5 Å². The van der Waals surface area contributed by atoms with E-state index in [2.05, 4.69) is 20.8 Å². The minimum atomic E-state index is -0.603. The maximum atomic E-state index is 11.8. The van der Waals surface area contributed by atoms with Crippen molar-refractivity contribution < 1.29 is 14.0 Å². The molecular formula is C17H13ClN4O3S. The molecule has 2 aromatic carbocycles. The van der Waals surface area contributed by atoms with E-state index in [0.717, 1.165) is 17.3 Å². The summed E-state index contributed by atoms with van der Waals surface area (Å²) in [5.74, 6) is -0.189. The number of rotatable bonds is 5. The Balaban J connectivity index is 1.49. The molecule has 0 aliphatic rings. The van der Waals surface area contributed by atoms with Gasteiger partial charge >= 0.3 is 6.03 Å². The fourth-order valence-corrected chi connectivity index (χ4v) is 2.64. The number of anilines is 1. The number of carbonyl (C=O) groups excluding carboxylic acids is 2. The molecule has 0 radical (unpaired) electrons. The number of halogens is 1. The van der Waals surface area contributed by atoms with Crippen molar-refractivity contribution in [1.29, 1.82) is 0 Å². The van der Waals surface area contributed by atoms with Crippen molar-refractivity contribution in [2.45, 2.75) is 5.22 Å². The largest absolute Gasteiger partial charge is 0.411 e. The molecule has 0 atom stereocenters. The number of amides is 3. The first kappa shape index (κ1) is 18.0. The van der Waals surface area contributed by atoms with Crippen LogP contribution in [0.1, 0.15) is 0 Å². The standard InChI is InChI=1S/C17H13ClN4O3S/c18-12-8-6-11(7-9-12)15-21-22-17(25-15)26-10-14(23)20-16(24)19-13-4-2-1-3-5-13/h1-9H,10H2,(H2,19,20,23,24). The SMILES string of the molecule is O=C(CSc1nnc(-c2ccc(Cl)cc2)o1)NC(=O)Nc1ccccc1. The minimum Gasteiger partial charge on any atom is -0.411 e. The molecule has 1 aromatic heterocycles. The van der Waals surface area contributed by atoms with Crippen LogP contribution < -0.4 is 10.6 Å². The summed E-state index contributed by atoms with van der Waals surface area (Å²) in [5.41, 5.74) is 1.32. The normalized spacial score (nSPS) is 10.3. The molecular weight excluding hydrogens is 376 g/mol. The molecule has 3 aromatic rings. The van der Waals surface area contributed by atoms with Crippen LogP contribution in [0.25, 0.3) is 11.5 Å². The van der Waals surface area contributed by atoms with Crippen LogP contribution in [0.2, 0.25) is 5.02 Å². The van der Waals surface area contributed by atoms with E-state index in [-0.39, 0.29) is 11.0 Å². The third-order valence-corrected chi connectivity index (χ3v) is 4.18. The molecule has 0 bridgehead atoms. The number of imide groups is 1. The average molecular weight is 389 g/mol. The van der Waals surface area contributed by atoms with Gasteiger partial charge < -0.3 is 9.73 Å². The number of para-hydroxylation sites is 1. The first-order valence-electron chi connectivity index (χ1n) is 7.48. The zero-order valence-corrected chi connectivity index (χ0v) is 14.9. The molecule has 0 spiro atoms. The number of hydrogen-bond acceptors (Lipinski definition) is 6. The Bertz CT molecular complexity index is 900. The first-order valence-corrected chi connectivity index (χ1v) is 8.84. The van der Waals surface area contributed by atoms with Gasteiger partial charge in [-0.15, -0.1) is 10.2 Å². The second-order valence-corrected chi connectivity index (χ2v) is 6.40. The van der Waals surface area contributed by atoms with Gasteiger partial charge in [-0.3, -0.25) is 10.1 Å². The fourth-order valence-electron chi connectivity index (χ4n) is 1.95. The minimum absolute atomic E-state index is 0.0372. The molecule has 0 saturated carbocycles. The molecule has 0 saturated heterocycles. The number of benzene rings is 2. The Hall–Kier alpha value is -2.84. The van der Waals surface area contributed by atoms with Crippen molar-refractivity contribution in [2.75, 3.05) is 11.1 Å². The molecule has 0 fully saturated rings. The number of urea groups is 1. The summed E-state index contributed by atoms with van der Waals surface area (Å²) < 4.78 is 5.48. The fraction of sp³-hybridized carbons (Fsp3) is 0.0588. The topological polar surface area (TPSA) is 97.1 Å². The Morgan fingerprint density at radius 2 is 1.77 bits per heavy atom. The van der Waals surface area contributed by atoms with Gasteiger partial charge in [-0.1, -0.05) is 41.6 Å². The van der Waals surface area contributed by atoms with Crippen LogP contribution in [0.5, 0.6) is 0 Å². The Morgan fingerprint density at radius 3 is 2.50 bits per heavy atom. The van der Waals surface area contributed by atoms with E-state index < -0.39 is 11.9 Å². The van der Waals surface area contributed by atoms with Crippen LogP contribution in [0.3, 0.4) is 0 Å². The smallest absolute Gasteiger partial charge is 0.325 e. The van der Waals surface area contributed by atoms with Gasteiger partial charge in [0, 0.05) is 16.3 Å². The molecule has 1 heterocycles. The molecule has 2 N–H and O–H groups in total. The third kappa shape index (κ3) is 5.08. The quantitative estimate of drug-likeness (QED) is 0.645. The van der Waals surface area contributed by atoms with Gasteiger partial charge in [-0.2, -0.15) is 0 Å². The summed E-state index contributed by atoms with van der Waals surface area (Å²) in [7, 11) is 0. The summed E-state index contributed by atoms with van der Waals surface area (Å²) >= 11 is 6.87. The van der Waals surface area contributed by atoms with Crippen LogP contribution in [0.15, 0.2) is 64.2 Å². The lowest BCUT2D eigenvalue weighted by molar-refractivity contribution is -0.117. The molecule has 3 rings (SSSR count). The maximum Gasteiger partial charge on any atom is 0.325 e. The second kappa shape index (κ2) is 8.50. The summed E-state index contributed by atoms with van der Waals surface area (Å²) in [6.07, 6.45) is 0. The van der Waals surface area contributed by atoms with E-state index in [1.165, 1.54) is 0 Å². The van der Waals surface area contributed by atoms with E-state index in [4.69, 9.17) is 16.0 Å². The van der Waals surface area contributed by atoms with Gasteiger partial charge in [0.05, 0.1) is 5.75 Å². The monoisotopic (exact) mass is 388 g/mol. The van der Waals surface area contributed by atoms with Crippen LogP contribution in [-0.2, 0) is 4.79 Å². The molecule has 0 aliphatic heterocycles. The second-order valence-electron chi connectivity index (χ2n) is 5.04. The average Bonchev–Trinajstić information content (AvgIpc) is 3.10. The number of carbonyl (C=O) groups is 2. The first-order chi connectivity index (χ1) is 12.6. The molecule has 3 amide bonds. The highest BCUT2D eigenvalue weighted by Crippen LogP contribution is 2.24. The number of nitrogens with one attached hydrogen (secondary N) is 2. The van der Waals surface area contributed by atoms with E-state index in [9.17, 15) is 9.59 Å². The summed E-state index contributed by atoms with van der Waals surface area (Å²) in [5, 5.41) is 13.4. The van der Waals surface area contributed by atoms with Crippen molar-refractivity contribution in [3.05, 3.63) is 59.6 Å². The van der Waals surface area contributed by atoms with Crippen molar-refractivity contribution >= 4 is 41.0 Å². The van der Waals surface area contributed by atoms with Gasteiger partial charge in [0.25, 0.3) is 5.22 Å². The molecule has 132 valence electrons. The molecule has 0 aliphatic carbocycles. The third-order valence-electron chi connectivity index (χ3n) is 3.11. The summed E-state index contributed by atoms with van der Waals surface area (Å²) in [6.45, 7) is 0. The Morgan fingerprint density at radius 1 is 1.04 bits per heavy atom.